The van der Waals surface area contributed by atoms with Crippen LogP contribution in [0.5, 0.6) is 5.75 Å². The van der Waals surface area contributed by atoms with Gasteiger partial charge in [0.1, 0.15) is 11.4 Å². The second-order valence-corrected chi connectivity index (χ2v) is 7.86. The number of hydrazine groups is 1. The van der Waals surface area contributed by atoms with Gasteiger partial charge in [-0.3, -0.25) is 20.4 Å². The average molecular weight is 470 g/mol. The van der Waals surface area contributed by atoms with Crippen molar-refractivity contribution in [1.29, 1.82) is 0 Å². The molecule has 2 N–H and O–H groups in total. The predicted octanol–water partition coefficient (Wildman–Crippen LogP) is 4.73. The fraction of sp³-hybridized carbons (Fsp3) is 0.179. The molecule has 0 aliphatic heterocycles. The van der Waals surface area contributed by atoms with E-state index in [1.54, 1.807) is 0 Å². The number of nitrogens with zero attached hydrogens (tertiary/aromatic N) is 1. The van der Waals surface area contributed by atoms with Crippen LogP contribution >= 0.6 is 0 Å². The fourth-order valence-electron chi connectivity index (χ4n) is 3.59. The van der Waals surface area contributed by atoms with Gasteiger partial charge in [0.05, 0.1) is 0 Å². The van der Waals surface area contributed by atoms with E-state index in [0.29, 0.717) is 17.4 Å². The Hall–Kier alpha value is -4.39. The highest BCUT2D eigenvalue weighted by Gasteiger charge is 2.17. The quantitative estimate of drug-likeness (QED) is 0.346. The molecule has 178 valence electrons. The topological polar surface area (TPSA) is 93.5 Å². The summed E-state index contributed by atoms with van der Waals surface area (Å²) in [5.41, 5.74) is 8.38. The zero-order valence-corrected chi connectivity index (χ0v) is 19.5. The van der Waals surface area contributed by atoms with Gasteiger partial charge in [0.2, 0.25) is 5.91 Å². The summed E-state index contributed by atoms with van der Waals surface area (Å²) < 4.78 is 11.6. The number of ether oxygens (including phenoxy) is 1. The Morgan fingerprint density at radius 3 is 2.17 bits per heavy atom. The van der Waals surface area contributed by atoms with E-state index in [2.05, 4.69) is 15.8 Å². The van der Waals surface area contributed by atoms with E-state index in [9.17, 15) is 9.59 Å². The van der Waals surface area contributed by atoms with Crippen LogP contribution in [0.3, 0.4) is 0 Å². The van der Waals surface area contributed by atoms with Crippen molar-refractivity contribution in [3.8, 4) is 28.3 Å². The summed E-state index contributed by atoms with van der Waals surface area (Å²) in [6, 6.07) is 27.0. The summed E-state index contributed by atoms with van der Waals surface area (Å²) in [5, 5.41) is 0. The van der Waals surface area contributed by atoms with Crippen LogP contribution < -0.4 is 15.6 Å². The van der Waals surface area contributed by atoms with Crippen LogP contribution in [0, 0.1) is 0 Å². The molecule has 7 nitrogen and oxygen atoms in total. The smallest absolute Gasteiger partial charge is 0.276 e. The Morgan fingerprint density at radius 2 is 1.46 bits per heavy atom. The normalized spacial score (nSPS) is 10.5. The largest absolute Gasteiger partial charge is 0.483 e. The summed E-state index contributed by atoms with van der Waals surface area (Å²) >= 11 is 0. The van der Waals surface area contributed by atoms with E-state index in [4.69, 9.17) is 9.15 Å². The van der Waals surface area contributed by atoms with Gasteiger partial charge in [-0.25, -0.2) is 4.98 Å². The molecule has 1 heterocycles. The van der Waals surface area contributed by atoms with Crippen molar-refractivity contribution in [2.24, 2.45) is 0 Å². The predicted molar refractivity (Wildman–Crippen MR) is 133 cm³/mol. The minimum atomic E-state index is -0.446. The van der Waals surface area contributed by atoms with Crippen LogP contribution in [0.1, 0.15) is 24.8 Å². The maximum absolute atomic E-state index is 12.3. The van der Waals surface area contributed by atoms with Crippen LogP contribution in [0.15, 0.2) is 89.3 Å². The molecule has 0 saturated carbocycles. The van der Waals surface area contributed by atoms with Gasteiger partial charge in [0, 0.05) is 24.0 Å². The Bertz CT molecular complexity index is 1210. The molecular formula is C28H27N3O4. The first-order valence-corrected chi connectivity index (χ1v) is 11.5. The Morgan fingerprint density at radius 1 is 0.829 bits per heavy atom. The number of aryl methyl sites for hydroxylation is 2. The number of hydrogen-bond donors (Lipinski definition) is 2. The van der Waals surface area contributed by atoms with Crippen molar-refractivity contribution in [2.75, 3.05) is 6.61 Å². The number of oxazole rings is 1. The third-order valence-electron chi connectivity index (χ3n) is 5.37. The van der Waals surface area contributed by atoms with Gasteiger partial charge in [-0.1, -0.05) is 85.8 Å². The highest BCUT2D eigenvalue weighted by molar-refractivity contribution is 5.83. The van der Waals surface area contributed by atoms with Crippen LogP contribution in [0.2, 0.25) is 0 Å². The van der Waals surface area contributed by atoms with Crippen molar-refractivity contribution in [2.45, 2.75) is 26.2 Å². The highest BCUT2D eigenvalue weighted by Crippen LogP contribution is 2.32. The van der Waals surface area contributed by atoms with E-state index < -0.39 is 5.91 Å². The summed E-state index contributed by atoms with van der Waals surface area (Å²) in [4.78, 5) is 29.0. The average Bonchev–Trinajstić information content (AvgIpc) is 3.35. The van der Waals surface area contributed by atoms with Gasteiger partial charge in [0.25, 0.3) is 5.91 Å². The molecule has 1 aromatic heterocycles. The molecule has 35 heavy (non-hydrogen) atoms. The molecule has 0 saturated heterocycles. The molecular weight excluding hydrogens is 442 g/mol. The lowest BCUT2D eigenvalue weighted by Crippen LogP contribution is -2.43. The summed E-state index contributed by atoms with van der Waals surface area (Å²) in [7, 11) is 0. The number of rotatable bonds is 9. The van der Waals surface area contributed by atoms with Crippen molar-refractivity contribution >= 4 is 11.8 Å². The van der Waals surface area contributed by atoms with E-state index in [1.165, 1.54) is 0 Å². The Labute approximate surface area is 204 Å². The molecule has 0 aliphatic carbocycles. The monoisotopic (exact) mass is 469 g/mol. The number of carbonyl (C=O) groups is 2. The van der Waals surface area contributed by atoms with Crippen molar-refractivity contribution in [3.63, 3.8) is 0 Å². The molecule has 0 fully saturated rings. The van der Waals surface area contributed by atoms with Gasteiger partial charge in [-0.2, -0.15) is 0 Å². The summed E-state index contributed by atoms with van der Waals surface area (Å²) in [6.07, 6.45) is 1.19. The highest BCUT2D eigenvalue weighted by atomic mass is 16.5. The molecule has 4 rings (SSSR count). The second kappa shape index (κ2) is 11.7. The van der Waals surface area contributed by atoms with Gasteiger partial charge in [-0.15, -0.1) is 0 Å². The molecule has 0 atom stereocenters. The first-order valence-electron chi connectivity index (χ1n) is 11.5. The van der Waals surface area contributed by atoms with Gasteiger partial charge in [-0.05, 0) is 18.1 Å². The van der Waals surface area contributed by atoms with E-state index in [0.717, 1.165) is 28.8 Å². The molecule has 2 amide bonds. The molecule has 7 heteroatoms. The van der Waals surface area contributed by atoms with Gasteiger partial charge in [0.15, 0.2) is 18.3 Å². The number of hydrogen-bond acceptors (Lipinski definition) is 5. The summed E-state index contributed by atoms with van der Waals surface area (Å²) in [6.45, 7) is 1.82. The van der Waals surface area contributed by atoms with Crippen LogP contribution in [-0.2, 0) is 22.4 Å². The maximum Gasteiger partial charge on any atom is 0.276 e. The first-order chi connectivity index (χ1) is 17.1. The lowest BCUT2D eigenvalue weighted by molar-refractivity contribution is -0.130. The third-order valence-corrected chi connectivity index (χ3v) is 5.37. The number of nitrogens with one attached hydrogen (secondary N) is 2. The van der Waals surface area contributed by atoms with Crippen molar-refractivity contribution in [1.82, 2.24) is 15.8 Å². The number of para-hydroxylation sites is 1. The summed E-state index contributed by atoms with van der Waals surface area (Å²) in [5.74, 6) is 0.962. The minimum Gasteiger partial charge on any atom is -0.483 e. The number of amides is 2. The zero-order valence-electron chi connectivity index (χ0n) is 19.5. The molecule has 0 unspecified atom stereocenters. The number of benzene rings is 3. The van der Waals surface area contributed by atoms with Crippen LogP contribution in [-0.4, -0.2) is 23.4 Å². The first kappa shape index (κ1) is 23.8. The van der Waals surface area contributed by atoms with E-state index >= 15 is 0 Å². The van der Waals surface area contributed by atoms with Gasteiger partial charge < -0.3 is 9.15 Å². The Kier molecular flexibility index (Phi) is 7.91. The number of aromatic nitrogens is 1. The standard InChI is InChI=1S/C28H27N3O4/c1-2-20-11-9-10-16-23(20)34-19-25(33)31-30-24(32)17-18-26-29-27(21-12-5-3-6-13-21)28(35-26)22-14-7-4-8-15-22/h3-16H,2,17-19H2,1H3,(H,30,32)(H,31,33). The van der Waals surface area contributed by atoms with Crippen LogP contribution in [0.25, 0.3) is 22.6 Å². The molecule has 3 aromatic carbocycles. The van der Waals surface area contributed by atoms with Crippen molar-refractivity contribution < 1.29 is 18.7 Å². The number of carbonyl (C=O) groups excluding carboxylic acids is 2. The van der Waals surface area contributed by atoms with Gasteiger partial charge >= 0.3 is 0 Å². The van der Waals surface area contributed by atoms with Crippen molar-refractivity contribution in [3.05, 3.63) is 96.4 Å². The Balaban J connectivity index is 1.32. The fourth-order valence-corrected chi connectivity index (χ4v) is 3.59. The van der Waals surface area contributed by atoms with E-state index in [1.807, 2.05) is 91.9 Å². The molecule has 0 aliphatic rings. The molecule has 0 bridgehead atoms. The molecule has 0 spiro atoms. The molecule has 4 aromatic rings. The maximum atomic E-state index is 12.3. The second-order valence-electron chi connectivity index (χ2n) is 7.86. The lowest BCUT2D eigenvalue weighted by atomic mass is 10.1. The molecule has 0 radical (unpaired) electrons. The zero-order chi connectivity index (χ0) is 24.5. The lowest BCUT2D eigenvalue weighted by Gasteiger charge is -2.11. The van der Waals surface area contributed by atoms with E-state index in [-0.39, 0.29) is 25.4 Å². The third kappa shape index (κ3) is 6.35. The van der Waals surface area contributed by atoms with Crippen LogP contribution in [0.4, 0.5) is 0 Å². The SMILES string of the molecule is CCc1ccccc1OCC(=O)NNC(=O)CCc1nc(-c2ccccc2)c(-c2ccccc2)o1. The minimum absolute atomic E-state index is 0.1000.